The number of carbonyl (C=O) groups excluding carboxylic acids is 3. The van der Waals surface area contributed by atoms with E-state index in [0.717, 1.165) is 128 Å². The van der Waals surface area contributed by atoms with Crippen molar-refractivity contribution in [2.45, 2.75) is 252 Å². The monoisotopic (exact) mass is 917 g/mol. The first-order valence-corrected chi connectivity index (χ1v) is 27.2. The highest BCUT2D eigenvalue weighted by Gasteiger charge is 2.19. The summed E-state index contributed by atoms with van der Waals surface area (Å²) in [7, 11) is 0. The summed E-state index contributed by atoms with van der Waals surface area (Å²) in [5, 5.41) is 0. The Kier molecular flexibility index (Phi) is 50.9. The fourth-order valence-electron chi connectivity index (χ4n) is 7.27. The summed E-state index contributed by atoms with van der Waals surface area (Å²) >= 11 is 0. The van der Waals surface area contributed by atoms with Crippen LogP contribution in [0.5, 0.6) is 0 Å². The van der Waals surface area contributed by atoms with Crippen LogP contribution in [0, 0.1) is 0 Å². The van der Waals surface area contributed by atoms with E-state index in [9.17, 15) is 14.4 Å². The Morgan fingerprint density at radius 3 is 0.955 bits per heavy atom. The van der Waals surface area contributed by atoms with Gasteiger partial charge in [0.2, 0.25) is 0 Å². The molecule has 0 rings (SSSR count). The molecule has 0 amide bonds. The van der Waals surface area contributed by atoms with E-state index in [-0.39, 0.29) is 37.5 Å². The van der Waals surface area contributed by atoms with Gasteiger partial charge in [-0.25, -0.2) is 0 Å². The molecule has 0 saturated carbocycles. The molecule has 0 aromatic carbocycles. The number of unbranched alkanes of at least 4 members (excludes halogenated alkanes) is 21. The Morgan fingerprint density at radius 1 is 0.318 bits per heavy atom. The summed E-state index contributed by atoms with van der Waals surface area (Å²) in [5.74, 6) is -0.938. The summed E-state index contributed by atoms with van der Waals surface area (Å²) in [6, 6.07) is 0. The molecular weight excluding hydrogens is 817 g/mol. The molecule has 1 atom stereocenters. The van der Waals surface area contributed by atoms with Gasteiger partial charge in [-0.3, -0.25) is 14.4 Å². The molecule has 0 spiro atoms. The zero-order chi connectivity index (χ0) is 47.9. The maximum atomic E-state index is 12.8. The van der Waals surface area contributed by atoms with Gasteiger partial charge in [0.05, 0.1) is 0 Å². The van der Waals surface area contributed by atoms with Gasteiger partial charge in [0.15, 0.2) is 6.10 Å². The van der Waals surface area contributed by atoms with E-state index in [1.54, 1.807) is 0 Å². The molecular formula is C60H100O6. The molecule has 0 aliphatic heterocycles. The van der Waals surface area contributed by atoms with Gasteiger partial charge in [-0.15, -0.1) is 0 Å². The number of hydrogen-bond acceptors (Lipinski definition) is 6. The van der Waals surface area contributed by atoms with Crippen LogP contribution in [0.1, 0.15) is 245 Å². The minimum absolute atomic E-state index is 0.0933. The Bertz CT molecular complexity index is 1330. The van der Waals surface area contributed by atoms with Crippen molar-refractivity contribution in [2.75, 3.05) is 13.2 Å². The smallest absolute Gasteiger partial charge is 0.306 e. The van der Waals surface area contributed by atoms with E-state index in [0.29, 0.717) is 12.8 Å². The predicted molar refractivity (Wildman–Crippen MR) is 284 cm³/mol. The van der Waals surface area contributed by atoms with E-state index < -0.39 is 6.10 Å². The quantitative estimate of drug-likeness (QED) is 0.0262. The summed E-state index contributed by atoms with van der Waals surface area (Å²) in [5.41, 5.74) is 0. The van der Waals surface area contributed by atoms with Gasteiger partial charge in [0.25, 0.3) is 0 Å². The van der Waals surface area contributed by atoms with Crippen molar-refractivity contribution in [1.29, 1.82) is 0 Å². The molecule has 6 heteroatoms. The number of esters is 3. The first-order chi connectivity index (χ1) is 32.5. The molecule has 6 nitrogen and oxygen atoms in total. The number of allylic oxidation sites excluding steroid dienone is 16. The minimum atomic E-state index is -0.796. The normalized spacial score (nSPS) is 12.8. The molecule has 0 aliphatic carbocycles. The molecule has 0 radical (unpaired) electrons. The SMILES string of the molecule is CC/C=C\C/C=C\C/C=C\C/C=C\CCCCCCCCCCCCCCC(=O)OCC(COC(=O)CCCCCCC/C=C\CCC)OC(=O)CCCCC/C=C\C/C=C\C/C=C\CC. The highest BCUT2D eigenvalue weighted by Crippen LogP contribution is 2.15. The molecule has 0 heterocycles. The second-order valence-electron chi connectivity index (χ2n) is 17.7. The third-order valence-electron chi connectivity index (χ3n) is 11.3. The Hall–Kier alpha value is -3.67. The van der Waals surface area contributed by atoms with E-state index >= 15 is 0 Å². The van der Waals surface area contributed by atoms with Crippen LogP contribution in [-0.4, -0.2) is 37.2 Å². The summed E-state index contributed by atoms with van der Waals surface area (Å²) in [4.78, 5) is 37.9. The van der Waals surface area contributed by atoms with Crippen molar-refractivity contribution in [3.05, 3.63) is 97.2 Å². The largest absolute Gasteiger partial charge is 0.462 e. The van der Waals surface area contributed by atoms with Crippen LogP contribution in [0.3, 0.4) is 0 Å². The van der Waals surface area contributed by atoms with Crippen molar-refractivity contribution in [1.82, 2.24) is 0 Å². The third kappa shape index (κ3) is 51.3. The van der Waals surface area contributed by atoms with Gasteiger partial charge >= 0.3 is 17.9 Å². The van der Waals surface area contributed by atoms with Crippen LogP contribution in [0.4, 0.5) is 0 Å². The topological polar surface area (TPSA) is 78.9 Å². The molecule has 0 aliphatic rings. The first kappa shape index (κ1) is 62.3. The lowest BCUT2D eigenvalue weighted by atomic mass is 10.0. The van der Waals surface area contributed by atoms with E-state index in [1.165, 1.54) is 77.0 Å². The molecule has 66 heavy (non-hydrogen) atoms. The van der Waals surface area contributed by atoms with Crippen LogP contribution in [-0.2, 0) is 28.6 Å². The second-order valence-corrected chi connectivity index (χ2v) is 17.7. The van der Waals surface area contributed by atoms with Gasteiger partial charge in [0.1, 0.15) is 13.2 Å². The lowest BCUT2D eigenvalue weighted by Gasteiger charge is -2.18. The van der Waals surface area contributed by atoms with Crippen molar-refractivity contribution < 1.29 is 28.6 Å². The highest BCUT2D eigenvalue weighted by atomic mass is 16.6. The Balaban J connectivity index is 4.26. The van der Waals surface area contributed by atoms with Gasteiger partial charge in [-0.2, -0.15) is 0 Å². The predicted octanol–water partition coefficient (Wildman–Crippen LogP) is 18.1. The Morgan fingerprint density at radius 2 is 0.591 bits per heavy atom. The molecule has 0 aromatic heterocycles. The summed E-state index contributed by atoms with van der Waals surface area (Å²) in [6.45, 7) is 6.31. The molecule has 0 fully saturated rings. The number of ether oxygens (including phenoxy) is 3. The molecule has 1 unspecified atom stereocenters. The maximum absolute atomic E-state index is 12.8. The van der Waals surface area contributed by atoms with Gasteiger partial charge in [-0.1, -0.05) is 214 Å². The van der Waals surface area contributed by atoms with Crippen molar-refractivity contribution in [3.63, 3.8) is 0 Å². The minimum Gasteiger partial charge on any atom is -0.462 e. The fourth-order valence-corrected chi connectivity index (χ4v) is 7.27. The lowest BCUT2D eigenvalue weighted by molar-refractivity contribution is -0.167. The van der Waals surface area contributed by atoms with Crippen molar-refractivity contribution in [3.8, 4) is 0 Å². The summed E-state index contributed by atoms with van der Waals surface area (Å²) in [6.07, 6.45) is 71.3. The molecule has 0 saturated heterocycles. The van der Waals surface area contributed by atoms with Gasteiger partial charge in [-0.05, 0) is 109 Å². The fraction of sp³-hybridized carbons (Fsp3) is 0.683. The molecule has 376 valence electrons. The lowest BCUT2D eigenvalue weighted by Crippen LogP contribution is -2.30. The standard InChI is InChI=1S/C60H100O6/c1-4-7-10-13-16-19-22-24-25-26-27-28-29-30-31-32-33-34-35-37-38-41-44-47-50-53-59(62)65-56-57(55-64-58(61)52-49-46-43-40-21-18-15-12-9-6-3)66-60(63)54-51-48-45-42-39-36-23-20-17-14-11-8-5-2/h7-8,10-12,15-17,19-20,24-25,27-28,36,39,57H,4-6,9,13-14,18,21-23,26,29-35,37-38,40-56H2,1-3H3/b10-7-,11-8-,15-12-,19-16-,20-17-,25-24-,28-27-,39-36-. The van der Waals surface area contributed by atoms with E-state index in [4.69, 9.17) is 14.2 Å². The van der Waals surface area contributed by atoms with Crippen molar-refractivity contribution >= 4 is 17.9 Å². The zero-order valence-corrected chi connectivity index (χ0v) is 42.9. The first-order valence-electron chi connectivity index (χ1n) is 27.2. The van der Waals surface area contributed by atoms with E-state index in [1.807, 2.05) is 0 Å². The molecule has 0 N–H and O–H groups in total. The Labute approximate surface area is 407 Å². The summed E-state index contributed by atoms with van der Waals surface area (Å²) < 4.78 is 16.8. The van der Waals surface area contributed by atoms with Gasteiger partial charge in [0, 0.05) is 19.3 Å². The van der Waals surface area contributed by atoms with Crippen LogP contribution in [0.2, 0.25) is 0 Å². The average molecular weight is 917 g/mol. The third-order valence-corrected chi connectivity index (χ3v) is 11.3. The number of hydrogen-bond donors (Lipinski definition) is 0. The molecule has 0 bridgehead atoms. The number of rotatable bonds is 48. The van der Waals surface area contributed by atoms with E-state index in [2.05, 4.69) is 118 Å². The van der Waals surface area contributed by atoms with Crippen LogP contribution in [0.15, 0.2) is 97.2 Å². The van der Waals surface area contributed by atoms with Gasteiger partial charge < -0.3 is 14.2 Å². The van der Waals surface area contributed by atoms with Crippen LogP contribution in [0.25, 0.3) is 0 Å². The van der Waals surface area contributed by atoms with Crippen molar-refractivity contribution in [2.24, 2.45) is 0 Å². The highest BCUT2D eigenvalue weighted by molar-refractivity contribution is 5.71. The molecule has 0 aromatic rings. The van der Waals surface area contributed by atoms with Crippen LogP contribution < -0.4 is 0 Å². The zero-order valence-electron chi connectivity index (χ0n) is 42.9. The van der Waals surface area contributed by atoms with Crippen LogP contribution >= 0.6 is 0 Å². The number of carbonyl (C=O) groups is 3. The average Bonchev–Trinajstić information content (AvgIpc) is 3.31. The second kappa shape index (κ2) is 53.9. The maximum Gasteiger partial charge on any atom is 0.306 e.